The van der Waals surface area contributed by atoms with Gasteiger partial charge in [0.25, 0.3) is 0 Å². The van der Waals surface area contributed by atoms with E-state index in [1.807, 2.05) is 13.0 Å². The van der Waals surface area contributed by atoms with Gasteiger partial charge in [0, 0.05) is 51.0 Å². The smallest absolute Gasteiger partial charge is 0.134 e. The van der Waals surface area contributed by atoms with Gasteiger partial charge in [-0.15, -0.1) is 0 Å². The van der Waals surface area contributed by atoms with E-state index >= 15 is 0 Å². The number of hydrogen-bond donors (Lipinski definition) is 0. The second-order valence-electron chi connectivity index (χ2n) is 5.92. The molecule has 0 spiro atoms. The number of nitrogens with zero attached hydrogens (tertiary/aromatic N) is 3. The van der Waals surface area contributed by atoms with Crippen molar-refractivity contribution in [3.8, 4) is 0 Å². The van der Waals surface area contributed by atoms with Gasteiger partial charge in [-0.2, -0.15) is 0 Å². The van der Waals surface area contributed by atoms with Gasteiger partial charge in [-0.3, -0.25) is 4.90 Å². The molecule has 5 nitrogen and oxygen atoms in total. The van der Waals surface area contributed by atoms with Gasteiger partial charge < -0.3 is 14.2 Å². The second-order valence-corrected chi connectivity index (χ2v) is 5.92. The maximum atomic E-state index is 5.62. The van der Waals surface area contributed by atoms with E-state index in [-0.39, 0.29) is 0 Å². The van der Waals surface area contributed by atoms with Crippen molar-refractivity contribution < 1.29 is 9.26 Å². The van der Waals surface area contributed by atoms with Gasteiger partial charge >= 0.3 is 0 Å². The highest BCUT2D eigenvalue weighted by Gasteiger charge is 2.21. The number of rotatable bonds is 8. The molecule has 2 aliphatic rings. The molecule has 1 aromatic rings. The molecule has 1 aromatic heterocycles. The van der Waals surface area contributed by atoms with E-state index in [2.05, 4.69) is 21.0 Å². The molecule has 0 bridgehead atoms. The lowest BCUT2D eigenvalue weighted by atomic mass is 10.2. The predicted molar refractivity (Wildman–Crippen MR) is 80.8 cm³/mol. The molecule has 21 heavy (non-hydrogen) atoms. The summed E-state index contributed by atoms with van der Waals surface area (Å²) in [7, 11) is 0. The van der Waals surface area contributed by atoms with Crippen LogP contribution in [-0.4, -0.2) is 54.3 Å². The summed E-state index contributed by atoms with van der Waals surface area (Å²) in [4.78, 5) is 5.10. The highest BCUT2D eigenvalue weighted by molar-refractivity contribution is 5.20. The first kappa shape index (κ1) is 14.6. The van der Waals surface area contributed by atoms with Crippen LogP contribution in [0.25, 0.3) is 0 Å². The van der Waals surface area contributed by atoms with Gasteiger partial charge in [-0.1, -0.05) is 11.2 Å². The minimum absolute atomic E-state index is 0.561. The van der Waals surface area contributed by atoms with Crippen molar-refractivity contribution in [2.45, 2.75) is 32.8 Å². The van der Waals surface area contributed by atoms with E-state index in [0.29, 0.717) is 6.61 Å². The number of allylic oxidation sites excluding steroid dienone is 2. The molecule has 0 N–H and O–H groups in total. The van der Waals surface area contributed by atoms with Crippen molar-refractivity contribution in [2.24, 2.45) is 0 Å². The van der Waals surface area contributed by atoms with Crippen LogP contribution in [-0.2, 0) is 11.3 Å². The van der Waals surface area contributed by atoms with Crippen molar-refractivity contribution in [1.82, 2.24) is 15.0 Å². The Kier molecular flexibility index (Phi) is 4.93. The van der Waals surface area contributed by atoms with Crippen LogP contribution in [0.2, 0.25) is 0 Å². The quantitative estimate of drug-likeness (QED) is 0.687. The van der Waals surface area contributed by atoms with Gasteiger partial charge in [-0.05, 0) is 26.3 Å². The summed E-state index contributed by atoms with van der Waals surface area (Å²) < 4.78 is 10.6. The maximum Gasteiger partial charge on any atom is 0.134 e. The lowest BCUT2D eigenvalue weighted by Crippen LogP contribution is -2.44. The summed E-state index contributed by atoms with van der Waals surface area (Å²) in [5.41, 5.74) is 2.45. The Morgan fingerprint density at radius 3 is 2.71 bits per heavy atom. The summed E-state index contributed by atoms with van der Waals surface area (Å²) in [5, 5.41) is 3.92. The minimum atomic E-state index is 0.561. The van der Waals surface area contributed by atoms with E-state index in [4.69, 9.17) is 9.26 Å². The van der Waals surface area contributed by atoms with Crippen molar-refractivity contribution in [3.05, 3.63) is 29.3 Å². The van der Waals surface area contributed by atoms with E-state index < -0.39 is 0 Å². The summed E-state index contributed by atoms with van der Waals surface area (Å²) in [6.45, 7) is 9.27. The molecule has 1 aliphatic heterocycles. The number of unbranched alkanes of at least 4 members (excludes halogenated alkanes) is 1. The molecule has 0 aromatic carbocycles. The van der Waals surface area contributed by atoms with Crippen molar-refractivity contribution in [3.63, 3.8) is 0 Å². The summed E-state index contributed by atoms with van der Waals surface area (Å²) >= 11 is 0. The molecule has 0 atom stereocenters. The van der Waals surface area contributed by atoms with E-state index in [9.17, 15) is 0 Å². The number of aromatic nitrogens is 1. The third-order valence-electron chi connectivity index (χ3n) is 4.10. The van der Waals surface area contributed by atoms with Crippen LogP contribution in [0.5, 0.6) is 0 Å². The lowest BCUT2D eigenvalue weighted by Gasteiger charge is -2.34. The first-order valence-electron chi connectivity index (χ1n) is 7.97. The fourth-order valence-electron chi connectivity index (χ4n) is 2.76. The SMILES string of the molecule is Cc1cc(COCCCCN2CCN(C3=CC3)CC2)no1. The fourth-order valence-corrected chi connectivity index (χ4v) is 2.76. The monoisotopic (exact) mass is 291 g/mol. The van der Waals surface area contributed by atoms with Crippen LogP contribution in [0.15, 0.2) is 22.4 Å². The summed E-state index contributed by atoms with van der Waals surface area (Å²) in [6.07, 6.45) is 5.87. The molecular weight excluding hydrogens is 266 g/mol. The van der Waals surface area contributed by atoms with Gasteiger partial charge in [0.1, 0.15) is 11.5 Å². The van der Waals surface area contributed by atoms with Crippen LogP contribution < -0.4 is 0 Å². The predicted octanol–water partition coefficient (Wildman–Crippen LogP) is 2.19. The molecule has 3 rings (SSSR count). The molecule has 1 aliphatic carbocycles. The van der Waals surface area contributed by atoms with Gasteiger partial charge in [-0.25, -0.2) is 0 Å². The minimum Gasteiger partial charge on any atom is -0.375 e. The Hall–Kier alpha value is -1.33. The van der Waals surface area contributed by atoms with Crippen LogP contribution >= 0.6 is 0 Å². The first-order chi connectivity index (χ1) is 10.3. The van der Waals surface area contributed by atoms with Gasteiger partial charge in [0.15, 0.2) is 0 Å². The third-order valence-corrected chi connectivity index (χ3v) is 4.10. The van der Waals surface area contributed by atoms with Crippen LogP contribution in [0.1, 0.15) is 30.7 Å². The Morgan fingerprint density at radius 2 is 2.05 bits per heavy atom. The largest absolute Gasteiger partial charge is 0.375 e. The van der Waals surface area contributed by atoms with Crippen LogP contribution in [0.4, 0.5) is 0 Å². The zero-order chi connectivity index (χ0) is 14.5. The Bertz CT molecular complexity index is 476. The molecule has 1 saturated heterocycles. The van der Waals surface area contributed by atoms with Crippen molar-refractivity contribution in [2.75, 3.05) is 39.3 Å². The summed E-state index contributed by atoms with van der Waals surface area (Å²) in [5.74, 6) is 0.842. The molecule has 1 fully saturated rings. The van der Waals surface area contributed by atoms with Crippen LogP contribution in [0, 0.1) is 6.92 Å². The number of ether oxygens (including phenoxy) is 1. The first-order valence-corrected chi connectivity index (χ1v) is 7.97. The second kappa shape index (κ2) is 7.09. The Balaban J connectivity index is 1.20. The zero-order valence-electron chi connectivity index (χ0n) is 12.9. The normalized spacial score (nSPS) is 18.9. The molecule has 0 saturated carbocycles. The standard InChI is InChI=1S/C16H25N3O2/c1-14-12-15(17-21-14)13-20-11-3-2-6-18-7-9-19(10-8-18)16-4-5-16/h4,12H,2-3,5-11,13H2,1H3. The van der Waals surface area contributed by atoms with E-state index in [1.54, 1.807) is 5.70 Å². The van der Waals surface area contributed by atoms with Crippen LogP contribution in [0.3, 0.4) is 0 Å². The molecule has 2 heterocycles. The third kappa shape index (κ3) is 4.58. The molecular formula is C16H25N3O2. The number of piperazine rings is 1. The average Bonchev–Trinajstić information content (AvgIpc) is 3.26. The Labute approximate surface area is 126 Å². The average molecular weight is 291 g/mol. The molecule has 0 amide bonds. The highest BCUT2D eigenvalue weighted by Crippen LogP contribution is 2.24. The maximum absolute atomic E-state index is 5.62. The van der Waals surface area contributed by atoms with Gasteiger partial charge in [0.2, 0.25) is 0 Å². The molecule has 116 valence electrons. The lowest BCUT2D eigenvalue weighted by molar-refractivity contribution is 0.105. The van der Waals surface area contributed by atoms with Crippen molar-refractivity contribution >= 4 is 0 Å². The fraction of sp³-hybridized carbons (Fsp3) is 0.688. The van der Waals surface area contributed by atoms with E-state index in [1.165, 1.54) is 45.6 Å². The van der Waals surface area contributed by atoms with Gasteiger partial charge in [0.05, 0.1) is 6.61 Å². The van der Waals surface area contributed by atoms with Crippen molar-refractivity contribution in [1.29, 1.82) is 0 Å². The topological polar surface area (TPSA) is 41.7 Å². The number of hydrogen-bond acceptors (Lipinski definition) is 5. The molecule has 5 heteroatoms. The summed E-state index contributed by atoms with van der Waals surface area (Å²) in [6, 6.07) is 1.93. The van der Waals surface area contributed by atoms with E-state index in [0.717, 1.165) is 24.5 Å². The molecule has 0 radical (unpaired) electrons. The molecule has 0 unspecified atom stereocenters. The Morgan fingerprint density at radius 1 is 1.24 bits per heavy atom. The number of aryl methyl sites for hydroxylation is 1. The zero-order valence-corrected chi connectivity index (χ0v) is 12.9. The highest BCUT2D eigenvalue weighted by atomic mass is 16.5.